The van der Waals surface area contributed by atoms with E-state index in [0.29, 0.717) is 23.7 Å². The van der Waals surface area contributed by atoms with Crippen LogP contribution in [-0.4, -0.2) is 40.4 Å². The first-order valence-corrected chi connectivity index (χ1v) is 9.32. The number of likely N-dealkylation sites (N-methyl/N-ethyl adjacent to an activating group) is 1. The van der Waals surface area contributed by atoms with Gasteiger partial charge in [0.1, 0.15) is 5.75 Å². The molecule has 2 aromatic rings. The molecule has 1 aromatic carbocycles. The lowest BCUT2D eigenvalue weighted by Crippen LogP contribution is -2.42. The molecule has 136 valence electrons. The smallest absolute Gasteiger partial charge is 0.319 e. The summed E-state index contributed by atoms with van der Waals surface area (Å²) in [5.41, 5.74) is 2.12. The Morgan fingerprint density at radius 2 is 2.31 bits per heavy atom. The summed E-state index contributed by atoms with van der Waals surface area (Å²) in [6.45, 7) is 3.03. The molecule has 0 bridgehead atoms. The summed E-state index contributed by atoms with van der Waals surface area (Å²) in [5, 5.41) is 6.58. The molecule has 8 nitrogen and oxygen atoms in total. The molecule has 0 aliphatic carbocycles. The predicted octanol–water partition coefficient (Wildman–Crippen LogP) is 2.05. The molecule has 26 heavy (non-hydrogen) atoms. The molecule has 0 spiro atoms. The average molecular weight is 373 g/mol. The van der Waals surface area contributed by atoms with Crippen LogP contribution in [-0.2, 0) is 17.9 Å². The van der Waals surface area contributed by atoms with E-state index in [2.05, 4.69) is 20.2 Å². The number of urea groups is 1. The van der Waals surface area contributed by atoms with Crippen molar-refractivity contribution in [1.29, 1.82) is 0 Å². The summed E-state index contributed by atoms with van der Waals surface area (Å²) in [5.74, 6) is 1.53. The van der Waals surface area contributed by atoms with Gasteiger partial charge < -0.3 is 24.8 Å². The van der Waals surface area contributed by atoms with Crippen LogP contribution >= 0.6 is 11.8 Å². The zero-order chi connectivity index (χ0) is 18.3. The fourth-order valence-corrected chi connectivity index (χ4v) is 3.95. The van der Waals surface area contributed by atoms with E-state index in [1.54, 1.807) is 48.8 Å². The molecular weight excluding hydrogens is 354 g/mol. The second-order valence-electron chi connectivity index (χ2n) is 6.20. The van der Waals surface area contributed by atoms with Crippen molar-refractivity contribution in [2.75, 3.05) is 23.0 Å². The molecule has 0 unspecified atom stereocenters. The number of hydrogen-bond donors (Lipinski definition) is 2. The number of aromatic nitrogens is 2. The van der Waals surface area contributed by atoms with Crippen molar-refractivity contribution in [1.82, 2.24) is 14.9 Å². The highest BCUT2D eigenvalue weighted by molar-refractivity contribution is 7.99. The Balaban J connectivity index is 1.38. The molecule has 9 heteroatoms. The number of imidazole rings is 1. The number of nitrogens with zero attached hydrogens (tertiary/aromatic N) is 3. The quantitative estimate of drug-likeness (QED) is 0.860. The van der Waals surface area contributed by atoms with E-state index in [1.807, 2.05) is 6.20 Å². The molecule has 2 aliphatic rings. The number of carbonyl (C=O) groups is 2. The van der Waals surface area contributed by atoms with Crippen LogP contribution in [0.15, 0.2) is 29.6 Å². The normalized spacial score (nSPS) is 18.2. The van der Waals surface area contributed by atoms with E-state index >= 15 is 0 Å². The van der Waals surface area contributed by atoms with Gasteiger partial charge in [-0.3, -0.25) is 4.79 Å². The number of nitrogens with one attached hydrogen (secondary N) is 2. The predicted molar refractivity (Wildman–Crippen MR) is 98.8 cm³/mol. The van der Waals surface area contributed by atoms with Crippen molar-refractivity contribution in [2.45, 2.75) is 31.3 Å². The molecule has 0 radical (unpaired) electrons. The third-order valence-electron chi connectivity index (χ3n) is 4.34. The minimum atomic E-state index is -0.544. The van der Waals surface area contributed by atoms with Crippen LogP contribution in [0.4, 0.5) is 16.2 Å². The third kappa shape index (κ3) is 3.10. The van der Waals surface area contributed by atoms with E-state index in [-0.39, 0.29) is 11.9 Å². The van der Waals surface area contributed by atoms with Crippen molar-refractivity contribution in [3.63, 3.8) is 0 Å². The summed E-state index contributed by atoms with van der Waals surface area (Å²) in [4.78, 5) is 30.1. The van der Waals surface area contributed by atoms with Gasteiger partial charge in [0.2, 0.25) is 0 Å². The van der Waals surface area contributed by atoms with Gasteiger partial charge in [-0.05, 0) is 19.1 Å². The molecule has 0 saturated carbocycles. The van der Waals surface area contributed by atoms with E-state index in [4.69, 9.17) is 4.74 Å². The van der Waals surface area contributed by atoms with Crippen LogP contribution in [0, 0.1) is 0 Å². The third-order valence-corrected chi connectivity index (χ3v) is 5.32. The zero-order valence-electron chi connectivity index (χ0n) is 14.5. The van der Waals surface area contributed by atoms with Gasteiger partial charge in [-0.2, -0.15) is 0 Å². The van der Waals surface area contributed by atoms with Gasteiger partial charge in [-0.15, -0.1) is 0 Å². The Labute approximate surface area is 154 Å². The molecule has 0 saturated heterocycles. The first-order chi connectivity index (χ1) is 12.5. The molecule has 2 N–H and O–H groups in total. The van der Waals surface area contributed by atoms with Gasteiger partial charge in [0.15, 0.2) is 11.3 Å². The number of amides is 3. The SMILES string of the molecule is C[C@@H]1Oc2cc(NC(=O)NCc3cn4c(n3)SCC4)ccc2N(C)C1=O. The topological polar surface area (TPSA) is 88.5 Å². The minimum absolute atomic E-state index is 0.0962. The van der Waals surface area contributed by atoms with Crippen LogP contribution in [0.25, 0.3) is 0 Å². The summed E-state index contributed by atoms with van der Waals surface area (Å²) >= 11 is 1.72. The largest absolute Gasteiger partial charge is 0.479 e. The summed E-state index contributed by atoms with van der Waals surface area (Å²) in [7, 11) is 1.71. The van der Waals surface area contributed by atoms with Crippen LogP contribution < -0.4 is 20.3 Å². The van der Waals surface area contributed by atoms with E-state index < -0.39 is 6.10 Å². The molecular formula is C17H19N5O3S. The zero-order valence-corrected chi connectivity index (χ0v) is 15.3. The lowest BCUT2D eigenvalue weighted by Gasteiger charge is -2.30. The molecule has 3 amide bonds. The standard InChI is InChI=1S/C17H19N5O3S/c1-10-15(23)21(2)13-4-3-11(7-14(13)25-10)19-16(24)18-8-12-9-22-5-6-26-17(22)20-12/h3-4,7,9-10H,5-6,8H2,1-2H3,(H2,18,19,24)/t10-/m0/s1. The molecule has 2 aliphatic heterocycles. The second kappa shape index (κ2) is 6.56. The second-order valence-corrected chi connectivity index (χ2v) is 7.27. The Bertz CT molecular complexity index is 860. The lowest BCUT2D eigenvalue weighted by molar-refractivity contribution is -0.125. The Hall–Kier alpha value is -2.68. The molecule has 1 atom stereocenters. The van der Waals surface area contributed by atoms with Gasteiger partial charge in [0, 0.05) is 37.3 Å². The molecule has 1 aromatic heterocycles. The lowest BCUT2D eigenvalue weighted by atomic mass is 10.2. The molecule has 3 heterocycles. The first kappa shape index (κ1) is 16.8. The maximum absolute atomic E-state index is 12.1. The molecule has 4 rings (SSSR count). The number of thioether (sulfide) groups is 1. The number of hydrogen-bond acceptors (Lipinski definition) is 5. The average Bonchev–Trinajstić information content (AvgIpc) is 3.19. The highest BCUT2D eigenvalue weighted by Gasteiger charge is 2.29. The summed E-state index contributed by atoms with van der Waals surface area (Å²) in [6, 6.07) is 4.89. The number of fused-ring (bicyclic) bond motifs is 2. The van der Waals surface area contributed by atoms with Gasteiger partial charge in [-0.1, -0.05) is 11.8 Å². The number of benzene rings is 1. The van der Waals surface area contributed by atoms with Crippen LogP contribution in [0.2, 0.25) is 0 Å². The van der Waals surface area contributed by atoms with Gasteiger partial charge in [0.05, 0.1) is 17.9 Å². The van der Waals surface area contributed by atoms with Crippen LogP contribution in [0.1, 0.15) is 12.6 Å². The monoisotopic (exact) mass is 373 g/mol. The highest BCUT2D eigenvalue weighted by Crippen LogP contribution is 2.35. The van der Waals surface area contributed by atoms with E-state index in [9.17, 15) is 9.59 Å². The number of rotatable bonds is 3. The van der Waals surface area contributed by atoms with Crippen molar-refractivity contribution in [3.8, 4) is 5.75 Å². The highest BCUT2D eigenvalue weighted by atomic mass is 32.2. The number of ether oxygens (including phenoxy) is 1. The van der Waals surface area contributed by atoms with Crippen molar-refractivity contribution in [2.24, 2.45) is 0 Å². The van der Waals surface area contributed by atoms with Crippen LogP contribution in [0.3, 0.4) is 0 Å². The van der Waals surface area contributed by atoms with Crippen molar-refractivity contribution < 1.29 is 14.3 Å². The first-order valence-electron chi connectivity index (χ1n) is 8.33. The fraction of sp³-hybridized carbons (Fsp3) is 0.353. The van der Waals surface area contributed by atoms with E-state index in [0.717, 1.165) is 23.1 Å². The number of carbonyl (C=O) groups excluding carboxylic acids is 2. The Kier molecular flexibility index (Phi) is 4.23. The number of aryl methyl sites for hydroxylation is 1. The Morgan fingerprint density at radius 1 is 1.46 bits per heavy atom. The van der Waals surface area contributed by atoms with Gasteiger partial charge in [-0.25, -0.2) is 9.78 Å². The molecule has 0 fully saturated rings. The van der Waals surface area contributed by atoms with Crippen molar-refractivity contribution in [3.05, 3.63) is 30.1 Å². The summed E-state index contributed by atoms with van der Waals surface area (Å²) in [6.07, 6.45) is 1.42. The Morgan fingerprint density at radius 3 is 3.12 bits per heavy atom. The fourth-order valence-electron chi connectivity index (χ4n) is 2.99. The van der Waals surface area contributed by atoms with Gasteiger partial charge in [0.25, 0.3) is 5.91 Å². The van der Waals surface area contributed by atoms with Crippen LogP contribution in [0.5, 0.6) is 5.75 Å². The summed E-state index contributed by atoms with van der Waals surface area (Å²) < 4.78 is 7.72. The van der Waals surface area contributed by atoms with Gasteiger partial charge >= 0.3 is 6.03 Å². The maximum atomic E-state index is 12.1. The van der Waals surface area contributed by atoms with E-state index in [1.165, 1.54) is 0 Å². The maximum Gasteiger partial charge on any atom is 0.319 e. The van der Waals surface area contributed by atoms with Crippen molar-refractivity contribution >= 4 is 35.1 Å². The minimum Gasteiger partial charge on any atom is -0.479 e. The number of anilines is 2.